The Hall–Kier alpha value is -2.41. The molecule has 0 heterocycles. The highest BCUT2D eigenvalue weighted by molar-refractivity contribution is 6.16. The third kappa shape index (κ3) is 1.35. The van der Waals surface area contributed by atoms with E-state index in [0.717, 1.165) is 18.3 Å². The third-order valence-corrected chi connectivity index (χ3v) is 4.27. The molecule has 0 aliphatic heterocycles. The van der Waals surface area contributed by atoms with Crippen molar-refractivity contribution in [2.45, 2.75) is 13.3 Å². The molecule has 0 N–H and O–H groups in total. The minimum absolute atomic E-state index is 0.740. The van der Waals surface area contributed by atoms with Gasteiger partial charge in [-0.3, -0.25) is 4.79 Å². The number of benzene rings is 3. The number of rotatable bonds is 2. The Morgan fingerprint density at radius 3 is 2.50 bits per heavy atom. The van der Waals surface area contributed by atoms with E-state index in [2.05, 4.69) is 43.3 Å². The van der Waals surface area contributed by atoms with E-state index >= 15 is 0 Å². The van der Waals surface area contributed by atoms with E-state index < -0.39 is 0 Å². The van der Waals surface area contributed by atoms with Crippen LogP contribution in [0.1, 0.15) is 22.8 Å². The number of aryl methyl sites for hydroxylation is 1. The molecule has 1 heteroatoms. The standard InChI is InChI=1S/C19H14O/c1-2-13-7-9-17-18-10-12(11-20)6-8-15(18)16-5-3-4-14(13)19(16)17/h3-11H,2H2,1H3. The molecule has 0 saturated heterocycles. The van der Waals surface area contributed by atoms with Gasteiger partial charge < -0.3 is 0 Å². The second kappa shape index (κ2) is 4.04. The van der Waals surface area contributed by atoms with E-state index in [1.807, 2.05) is 12.1 Å². The normalized spacial score (nSPS) is 11.7. The summed E-state index contributed by atoms with van der Waals surface area (Å²) in [7, 11) is 0. The maximum Gasteiger partial charge on any atom is 0.150 e. The molecule has 1 nitrogen and oxygen atoms in total. The Kier molecular flexibility index (Phi) is 2.31. The summed E-state index contributed by atoms with van der Waals surface area (Å²) < 4.78 is 0. The lowest BCUT2D eigenvalue weighted by atomic mass is 9.97. The van der Waals surface area contributed by atoms with Crippen LogP contribution in [-0.2, 0) is 6.42 Å². The first-order chi connectivity index (χ1) is 9.83. The predicted molar refractivity (Wildman–Crippen MR) is 83.1 cm³/mol. The summed E-state index contributed by atoms with van der Waals surface area (Å²) in [6.45, 7) is 2.19. The minimum atomic E-state index is 0.740. The molecule has 0 amide bonds. The third-order valence-electron chi connectivity index (χ3n) is 4.27. The van der Waals surface area contributed by atoms with Gasteiger partial charge in [-0.25, -0.2) is 0 Å². The highest BCUT2D eigenvalue weighted by atomic mass is 16.1. The zero-order valence-corrected chi connectivity index (χ0v) is 11.3. The van der Waals surface area contributed by atoms with E-state index in [0.29, 0.717) is 0 Å². The maximum atomic E-state index is 11.0. The Morgan fingerprint density at radius 2 is 1.70 bits per heavy atom. The molecule has 96 valence electrons. The molecule has 3 aromatic rings. The zero-order valence-electron chi connectivity index (χ0n) is 11.3. The van der Waals surface area contributed by atoms with Crippen LogP contribution < -0.4 is 0 Å². The van der Waals surface area contributed by atoms with Crippen LogP contribution in [0, 0.1) is 0 Å². The van der Waals surface area contributed by atoms with Crippen LogP contribution in [-0.4, -0.2) is 6.29 Å². The van der Waals surface area contributed by atoms with Crippen LogP contribution in [0.2, 0.25) is 0 Å². The average Bonchev–Trinajstić information content (AvgIpc) is 2.83. The van der Waals surface area contributed by atoms with Crippen molar-refractivity contribution in [1.82, 2.24) is 0 Å². The Bertz CT molecular complexity index is 859. The van der Waals surface area contributed by atoms with Crippen LogP contribution in [0.5, 0.6) is 0 Å². The molecule has 0 atom stereocenters. The highest BCUT2D eigenvalue weighted by Crippen LogP contribution is 2.47. The molecule has 0 aromatic heterocycles. The first kappa shape index (κ1) is 11.4. The lowest BCUT2D eigenvalue weighted by Gasteiger charge is -2.07. The molecule has 3 aromatic carbocycles. The van der Waals surface area contributed by atoms with Crippen LogP contribution in [0.15, 0.2) is 48.5 Å². The molecule has 0 bridgehead atoms. The summed E-state index contributed by atoms with van der Waals surface area (Å²) in [4.78, 5) is 11.0. The topological polar surface area (TPSA) is 17.1 Å². The maximum absolute atomic E-state index is 11.0. The molecular formula is C19H14O. The van der Waals surface area contributed by atoms with Gasteiger partial charge >= 0.3 is 0 Å². The van der Waals surface area contributed by atoms with Gasteiger partial charge in [0, 0.05) is 5.56 Å². The number of fused-ring (bicyclic) bond motifs is 3. The Balaban J connectivity index is 2.16. The second-order valence-electron chi connectivity index (χ2n) is 5.28. The number of carbonyl (C=O) groups is 1. The summed E-state index contributed by atoms with van der Waals surface area (Å²) >= 11 is 0. The van der Waals surface area contributed by atoms with E-state index in [9.17, 15) is 4.79 Å². The van der Waals surface area contributed by atoms with Crippen molar-refractivity contribution in [3.8, 4) is 22.3 Å². The summed E-state index contributed by atoms with van der Waals surface area (Å²) in [5.41, 5.74) is 7.10. The molecule has 4 rings (SSSR count). The Morgan fingerprint density at radius 1 is 0.900 bits per heavy atom. The molecule has 20 heavy (non-hydrogen) atoms. The van der Waals surface area contributed by atoms with E-state index in [-0.39, 0.29) is 0 Å². The smallest absolute Gasteiger partial charge is 0.150 e. The molecule has 0 saturated carbocycles. The lowest BCUT2D eigenvalue weighted by molar-refractivity contribution is 0.112. The van der Waals surface area contributed by atoms with Gasteiger partial charge in [-0.1, -0.05) is 49.4 Å². The Labute approximate surface area is 117 Å². The summed E-state index contributed by atoms with van der Waals surface area (Å²) in [5.74, 6) is 0. The fourth-order valence-corrected chi connectivity index (χ4v) is 3.32. The van der Waals surface area contributed by atoms with Crippen LogP contribution in [0.4, 0.5) is 0 Å². The average molecular weight is 258 g/mol. The monoisotopic (exact) mass is 258 g/mol. The van der Waals surface area contributed by atoms with Crippen molar-refractivity contribution in [1.29, 1.82) is 0 Å². The highest BCUT2D eigenvalue weighted by Gasteiger charge is 2.21. The quantitative estimate of drug-likeness (QED) is 0.469. The van der Waals surface area contributed by atoms with Gasteiger partial charge in [-0.05, 0) is 51.1 Å². The van der Waals surface area contributed by atoms with Crippen LogP contribution in [0.3, 0.4) is 0 Å². The van der Waals surface area contributed by atoms with E-state index in [1.54, 1.807) is 0 Å². The molecule has 1 aliphatic rings. The fraction of sp³-hybridized carbons (Fsp3) is 0.105. The SMILES string of the molecule is CCc1ccc2c3c(cccc13)-c1ccc(C=O)cc1-2. The van der Waals surface area contributed by atoms with Gasteiger partial charge in [0.25, 0.3) is 0 Å². The largest absolute Gasteiger partial charge is 0.298 e. The van der Waals surface area contributed by atoms with Gasteiger partial charge in [0.15, 0.2) is 0 Å². The van der Waals surface area contributed by atoms with E-state index in [4.69, 9.17) is 0 Å². The van der Waals surface area contributed by atoms with Gasteiger partial charge in [0.1, 0.15) is 6.29 Å². The first-order valence-corrected chi connectivity index (χ1v) is 6.98. The van der Waals surface area contributed by atoms with Gasteiger partial charge in [0.2, 0.25) is 0 Å². The van der Waals surface area contributed by atoms with Crippen molar-refractivity contribution in [3.05, 3.63) is 59.7 Å². The number of carbonyl (C=O) groups excluding carboxylic acids is 1. The first-order valence-electron chi connectivity index (χ1n) is 6.98. The van der Waals surface area contributed by atoms with Gasteiger partial charge in [-0.2, -0.15) is 0 Å². The molecular weight excluding hydrogens is 244 g/mol. The molecule has 0 fully saturated rings. The number of aldehydes is 1. The van der Waals surface area contributed by atoms with Gasteiger partial charge in [0.05, 0.1) is 0 Å². The van der Waals surface area contributed by atoms with Crippen molar-refractivity contribution in [3.63, 3.8) is 0 Å². The molecule has 0 radical (unpaired) electrons. The molecule has 0 unspecified atom stereocenters. The summed E-state index contributed by atoms with van der Waals surface area (Å²) in [5, 5.41) is 2.68. The predicted octanol–water partition coefficient (Wildman–Crippen LogP) is 4.86. The van der Waals surface area contributed by atoms with Crippen molar-refractivity contribution < 1.29 is 4.79 Å². The molecule has 0 spiro atoms. The zero-order chi connectivity index (χ0) is 13.7. The summed E-state index contributed by atoms with van der Waals surface area (Å²) in [6, 6.07) is 16.9. The number of hydrogen-bond acceptors (Lipinski definition) is 1. The van der Waals surface area contributed by atoms with E-state index in [1.165, 1.54) is 38.6 Å². The minimum Gasteiger partial charge on any atom is -0.298 e. The number of hydrogen-bond donors (Lipinski definition) is 0. The molecule has 1 aliphatic carbocycles. The fourth-order valence-electron chi connectivity index (χ4n) is 3.32. The summed E-state index contributed by atoms with van der Waals surface area (Å²) in [6.07, 6.45) is 1.96. The lowest BCUT2D eigenvalue weighted by Crippen LogP contribution is -1.85. The van der Waals surface area contributed by atoms with Crippen molar-refractivity contribution >= 4 is 17.1 Å². The second-order valence-corrected chi connectivity index (χ2v) is 5.28. The van der Waals surface area contributed by atoms with Crippen LogP contribution >= 0.6 is 0 Å². The van der Waals surface area contributed by atoms with Crippen molar-refractivity contribution in [2.75, 3.05) is 0 Å². The van der Waals surface area contributed by atoms with Crippen LogP contribution in [0.25, 0.3) is 33.0 Å². The van der Waals surface area contributed by atoms with Gasteiger partial charge in [-0.15, -0.1) is 0 Å². The van der Waals surface area contributed by atoms with Crippen molar-refractivity contribution in [2.24, 2.45) is 0 Å².